The molecule has 1 fully saturated rings. The normalized spacial score (nSPS) is 16.6. The van der Waals surface area contributed by atoms with E-state index >= 15 is 0 Å². The van der Waals surface area contributed by atoms with E-state index in [2.05, 4.69) is 10.6 Å². The lowest BCUT2D eigenvalue weighted by molar-refractivity contribution is 0.0512. The van der Waals surface area contributed by atoms with Crippen LogP contribution in [-0.2, 0) is 4.74 Å². The predicted molar refractivity (Wildman–Crippen MR) is 90.3 cm³/mol. The van der Waals surface area contributed by atoms with Gasteiger partial charge >= 0.3 is 0 Å². The van der Waals surface area contributed by atoms with Crippen molar-refractivity contribution in [1.29, 1.82) is 0 Å². The van der Waals surface area contributed by atoms with Crippen molar-refractivity contribution in [1.82, 2.24) is 10.6 Å². The summed E-state index contributed by atoms with van der Waals surface area (Å²) in [5, 5.41) is 6.33. The molecule has 5 nitrogen and oxygen atoms in total. The molecule has 2 heterocycles. The number of methoxy groups -OCH3 is 1. The molecule has 124 valence electrons. The summed E-state index contributed by atoms with van der Waals surface area (Å²) in [6.07, 6.45) is 1.98. The second-order valence-corrected chi connectivity index (χ2v) is 6.67. The number of carbonyl (C=O) groups excluding carboxylic acids is 2. The van der Waals surface area contributed by atoms with Crippen molar-refractivity contribution in [2.75, 3.05) is 33.4 Å². The molecule has 0 radical (unpaired) electrons. The quantitative estimate of drug-likeness (QED) is 0.774. The van der Waals surface area contributed by atoms with Gasteiger partial charge < -0.3 is 15.4 Å². The van der Waals surface area contributed by atoms with E-state index in [-0.39, 0.29) is 29.5 Å². The topological polar surface area (TPSA) is 67.4 Å². The van der Waals surface area contributed by atoms with E-state index in [1.54, 1.807) is 19.2 Å². The van der Waals surface area contributed by atoms with E-state index in [0.717, 1.165) is 25.9 Å². The number of carbonyl (C=O) groups is 2. The number of hydrogen-bond acceptors (Lipinski definition) is 5. The molecule has 2 N–H and O–H groups in total. The number of thiophene rings is 1. The van der Waals surface area contributed by atoms with Crippen LogP contribution in [0.3, 0.4) is 0 Å². The lowest BCUT2D eigenvalue weighted by atomic mass is 9.79. The minimum Gasteiger partial charge on any atom is -0.384 e. The highest BCUT2D eigenvalue weighted by Crippen LogP contribution is 2.28. The Kier molecular flexibility index (Phi) is 7.48. The Bertz CT molecular complexity index is 507. The van der Waals surface area contributed by atoms with Crippen LogP contribution < -0.4 is 10.6 Å². The van der Waals surface area contributed by atoms with Crippen molar-refractivity contribution >= 4 is 35.4 Å². The molecule has 0 saturated carbocycles. The van der Waals surface area contributed by atoms with Gasteiger partial charge in [0.25, 0.3) is 5.91 Å². The van der Waals surface area contributed by atoms with Gasteiger partial charge in [0.05, 0.1) is 16.4 Å². The summed E-state index contributed by atoms with van der Waals surface area (Å²) in [6.45, 7) is 4.67. The molecule has 1 aromatic heterocycles. The zero-order valence-corrected chi connectivity index (χ0v) is 14.6. The molecule has 0 bridgehead atoms. The van der Waals surface area contributed by atoms with Crippen molar-refractivity contribution in [3.8, 4) is 0 Å². The van der Waals surface area contributed by atoms with Crippen LogP contribution in [0, 0.1) is 5.41 Å². The summed E-state index contributed by atoms with van der Waals surface area (Å²) in [7, 11) is 1.70. The zero-order chi connectivity index (χ0) is 15.3. The minimum absolute atomic E-state index is 0. The highest BCUT2D eigenvalue weighted by Gasteiger charge is 2.32. The maximum atomic E-state index is 12.2. The highest BCUT2D eigenvalue weighted by atomic mass is 35.5. The average molecular weight is 347 g/mol. The Morgan fingerprint density at radius 2 is 1.95 bits per heavy atom. The van der Waals surface area contributed by atoms with Crippen molar-refractivity contribution in [3.05, 3.63) is 21.9 Å². The minimum atomic E-state index is -0.110. The number of ether oxygens (including phenoxy) is 1. The van der Waals surface area contributed by atoms with Gasteiger partial charge in [-0.05, 0) is 45.0 Å². The van der Waals surface area contributed by atoms with E-state index in [4.69, 9.17) is 4.74 Å². The fourth-order valence-corrected chi connectivity index (χ4v) is 3.46. The molecule has 0 aliphatic carbocycles. The van der Waals surface area contributed by atoms with Crippen LogP contribution in [0.1, 0.15) is 39.1 Å². The number of piperidine rings is 1. The summed E-state index contributed by atoms with van der Waals surface area (Å²) in [5.74, 6) is -0.116. The Hall–Kier alpha value is -0.950. The smallest absolute Gasteiger partial charge is 0.261 e. The second-order valence-electron chi connectivity index (χ2n) is 5.59. The second kappa shape index (κ2) is 8.62. The van der Waals surface area contributed by atoms with E-state index in [9.17, 15) is 9.59 Å². The van der Waals surface area contributed by atoms with E-state index in [1.807, 2.05) is 0 Å². The highest BCUT2D eigenvalue weighted by molar-refractivity contribution is 7.15. The van der Waals surface area contributed by atoms with Crippen LogP contribution in [0.2, 0.25) is 0 Å². The number of Topliss-reactive ketones (excluding diaryl/α,β-unsaturated/α-hetero) is 1. The molecule has 0 unspecified atom stereocenters. The number of rotatable bonds is 6. The first-order valence-corrected chi connectivity index (χ1v) is 7.97. The molecule has 2 rings (SSSR count). The third-order valence-corrected chi connectivity index (χ3v) is 5.10. The van der Waals surface area contributed by atoms with Crippen molar-refractivity contribution in [2.45, 2.75) is 19.8 Å². The fraction of sp³-hybridized carbons (Fsp3) is 0.600. The molecule has 1 saturated heterocycles. The molecular weight excluding hydrogens is 324 g/mol. The van der Waals surface area contributed by atoms with Gasteiger partial charge in [0.1, 0.15) is 0 Å². The molecule has 7 heteroatoms. The fourth-order valence-electron chi connectivity index (χ4n) is 2.64. The largest absolute Gasteiger partial charge is 0.384 e. The summed E-state index contributed by atoms with van der Waals surface area (Å²) < 4.78 is 5.34. The van der Waals surface area contributed by atoms with Gasteiger partial charge in [-0.3, -0.25) is 9.59 Å². The number of amides is 1. The average Bonchev–Trinajstić information content (AvgIpc) is 2.96. The van der Waals surface area contributed by atoms with Crippen LogP contribution in [0.5, 0.6) is 0 Å². The first-order chi connectivity index (χ1) is 10.1. The van der Waals surface area contributed by atoms with Crippen LogP contribution in [0.4, 0.5) is 0 Å². The third kappa shape index (κ3) is 4.78. The summed E-state index contributed by atoms with van der Waals surface area (Å²) in [4.78, 5) is 24.7. The summed E-state index contributed by atoms with van der Waals surface area (Å²) >= 11 is 1.24. The molecule has 1 aliphatic heterocycles. The first-order valence-electron chi connectivity index (χ1n) is 7.15. The number of ketones is 1. The van der Waals surface area contributed by atoms with Crippen LogP contribution in [0.25, 0.3) is 0 Å². The van der Waals surface area contributed by atoms with Crippen molar-refractivity contribution in [3.63, 3.8) is 0 Å². The monoisotopic (exact) mass is 346 g/mol. The lowest BCUT2D eigenvalue weighted by Crippen LogP contribution is -2.47. The van der Waals surface area contributed by atoms with Gasteiger partial charge in [-0.15, -0.1) is 23.7 Å². The van der Waals surface area contributed by atoms with Crippen molar-refractivity contribution in [2.24, 2.45) is 5.41 Å². The Labute approximate surface area is 141 Å². The SMILES string of the molecule is COCC1(CNC(=O)c2ccc(C(C)=O)s2)CCNCC1.Cl. The molecule has 0 aromatic carbocycles. The van der Waals surface area contributed by atoms with Crippen LogP contribution in [0.15, 0.2) is 12.1 Å². The Morgan fingerprint density at radius 3 is 2.50 bits per heavy atom. The predicted octanol–water partition coefficient (Wildman–Crippen LogP) is 2.12. The van der Waals surface area contributed by atoms with Crippen LogP contribution in [-0.4, -0.2) is 45.0 Å². The maximum Gasteiger partial charge on any atom is 0.261 e. The van der Waals surface area contributed by atoms with Gasteiger partial charge in [-0.1, -0.05) is 0 Å². The van der Waals surface area contributed by atoms with Crippen molar-refractivity contribution < 1.29 is 14.3 Å². The lowest BCUT2D eigenvalue weighted by Gasteiger charge is -2.37. The number of hydrogen-bond donors (Lipinski definition) is 2. The Morgan fingerprint density at radius 1 is 1.32 bits per heavy atom. The molecular formula is C15H23ClN2O3S. The first kappa shape index (κ1) is 19.1. The van der Waals surface area contributed by atoms with Crippen LogP contribution >= 0.6 is 23.7 Å². The molecule has 1 amide bonds. The van der Waals surface area contributed by atoms with Gasteiger partial charge in [0.2, 0.25) is 0 Å². The third-order valence-electron chi connectivity index (χ3n) is 3.92. The zero-order valence-electron chi connectivity index (χ0n) is 12.9. The summed E-state index contributed by atoms with van der Waals surface area (Å²) in [6, 6.07) is 3.42. The standard InChI is InChI=1S/C15H22N2O3S.ClH/c1-11(18)12-3-4-13(21-12)14(19)17-9-15(10-20-2)5-7-16-8-6-15;/h3-4,16H,5-10H2,1-2H3,(H,17,19);1H. The molecule has 0 spiro atoms. The van der Waals surface area contributed by atoms with E-state index in [0.29, 0.717) is 22.9 Å². The van der Waals surface area contributed by atoms with E-state index in [1.165, 1.54) is 18.3 Å². The Balaban J connectivity index is 0.00000242. The molecule has 22 heavy (non-hydrogen) atoms. The van der Waals surface area contributed by atoms with E-state index < -0.39 is 0 Å². The molecule has 1 aliphatic rings. The summed E-state index contributed by atoms with van der Waals surface area (Å²) in [5.41, 5.74) is 0.0102. The number of nitrogens with one attached hydrogen (secondary N) is 2. The van der Waals surface area contributed by atoms with Gasteiger partial charge in [-0.2, -0.15) is 0 Å². The molecule has 0 atom stereocenters. The number of halogens is 1. The molecule has 1 aromatic rings. The van der Waals surface area contributed by atoms with Gasteiger partial charge in [0.15, 0.2) is 5.78 Å². The van der Waals surface area contributed by atoms with Gasteiger partial charge in [0, 0.05) is 19.1 Å². The maximum absolute atomic E-state index is 12.2. The van der Waals surface area contributed by atoms with Gasteiger partial charge in [-0.25, -0.2) is 0 Å².